The molecular formula is C16H20N2O4. The first kappa shape index (κ1) is 15.8. The van der Waals surface area contributed by atoms with Crippen molar-refractivity contribution in [1.82, 2.24) is 5.32 Å². The molecule has 0 saturated carbocycles. The number of nitrogens with one attached hydrogen (secondary N) is 2. The summed E-state index contributed by atoms with van der Waals surface area (Å²) in [5.41, 5.74) is 1.55. The van der Waals surface area contributed by atoms with Crippen molar-refractivity contribution in [3.05, 3.63) is 41.3 Å². The molecule has 0 aliphatic carbocycles. The van der Waals surface area contributed by atoms with Gasteiger partial charge in [-0.05, 0) is 19.9 Å². The van der Waals surface area contributed by atoms with Gasteiger partial charge >= 0.3 is 6.03 Å². The molecule has 0 bridgehead atoms. The summed E-state index contributed by atoms with van der Waals surface area (Å²) in [5.74, 6) is 2.85. The van der Waals surface area contributed by atoms with Crippen LogP contribution in [0.5, 0.6) is 11.5 Å². The van der Waals surface area contributed by atoms with Crippen molar-refractivity contribution in [2.45, 2.75) is 20.4 Å². The molecule has 22 heavy (non-hydrogen) atoms. The Morgan fingerprint density at radius 2 is 1.73 bits per heavy atom. The number of amides is 2. The first-order valence-electron chi connectivity index (χ1n) is 6.85. The summed E-state index contributed by atoms with van der Waals surface area (Å²) in [4.78, 5) is 12.0. The molecule has 0 aliphatic heterocycles. The minimum Gasteiger partial charge on any atom is -0.497 e. The Hall–Kier alpha value is -2.63. The average molecular weight is 304 g/mol. The Bertz CT molecular complexity index is 642. The third-order valence-electron chi connectivity index (χ3n) is 3.19. The van der Waals surface area contributed by atoms with Gasteiger partial charge in [-0.15, -0.1) is 0 Å². The summed E-state index contributed by atoms with van der Waals surface area (Å²) in [6.45, 7) is 4.14. The normalized spacial score (nSPS) is 10.2. The van der Waals surface area contributed by atoms with Gasteiger partial charge in [-0.1, -0.05) is 0 Å². The van der Waals surface area contributed by atoms with Gasteiger partial charge in [0.1, 0.15) is 23.0 Å². The molecule has 6 heteroatoms. The average Bonchev–Trinajstić information content (AvgIpc) is 2.82. The molecule has 1 heterocycles. The maximum Gasteiger partial charge on any atom is 0.319 e. The number of ether oxygens (including phenoxy) is 2. The largest absolute Gasteiger partial charge is 0.497 e. The number of hydrogen-bond donors (Lipinski definition) is 2. The van der Waals surface area contributed by atoms with E-state index in [9.17, 15) is 4.79 Å². The number of hydrogen-bond acceptors (Lipinski definition) is 4. The van der Waals surface area contributed by atoms with Crippen LogP contribution < -0.4 is 20.1 Å². The number of methoxy groups -OCH3 is 2. The highest BCUT2D eigenvalue weighted by Crippen LogP contribution is 2.25. The molecule has 0 atom stereocenters. The lowest BCUT2D eigenvalue weighted by molar-refractivity contribution is 0.251. The Morgan fingerprint density at radius 3 is 2.23 bits per heavy atom. The molecule has 0 saturated heterocycles. The zero-order valence-corrected chi connectivity index (χ0v) is 13.1. The predicted molar refractivity (Wildman–Crippen MR) is 83.6 cm³/mol. The van der Waals surface area contributed by atoms with Gasteiger partial charge in [-0.2, -0.15) is 0 Å². The lowest BCUT2D eigenvalue weighted by Crippen LogP contribution is -2.28. The Kier molecular flexibility index (Phi) is 4.93. The molecule has 2 rings (SSSR count). The van der Waals surface area contributed by atoms with Crippen LogP contribution in [0, 0.1) is 13.8 Å². The van der Waals surface area contributed by atoms with E-state index in [-0.39, 0.29) is 6.03 Å². The molecule has 1 aromatic heterocycles. The second-order valence-corrected chi connectivity index (χ2v) is 4.85. The highest BCUT2D eigenvalue weighted by molar-refractivity contribution is 5.89. The van der Waals surface area contributed by atoms with Crippen molar-refractivity contribution in [1.29, 1.82) is 0 Å². The Morgan fingerprint density at radius 1 is 1.09 bits per heavy atom. The fraction of sp³-hybridized carbons (Fsp3) is 0.312. The molecule has 0 aliphatic rings. The van der Waals surface area contributed by atoms with Gasteiger partial charge in [0.15, 0.2) is 0 Å². The van der Waals surface area contributed by atoms with Crippen molar-refractivity contribution >= 4 is 11.7 Å². The van der Waals surface area contributed by atoms with E-state index < -0.39 is 0 Å². The quantitative estimate of drug-likeness (QED) is 0.889. The molecule has 0 spiro atoms. The van der Waals surface area contributed by atoms with Gasteiger partial charge in [0.25, 0.3) is 0 Å². The van der Waals surface area contributed by atoms with E-state index in [1.54, 1.807) is 32.4 Å². The van der Waals surface area contributed by atoms with Crippen molar-refractivity contribution < 1.29 is 18.7 Å². The van der Waals surface area contributed by atoms with Gasteiger partial charge in [0.2, 0.25) is 0 Å². The second-order valence-electron chi connectivity index (χ2n) is 4.85. The Labute approximate surface area is 129 Å². The maximum atomic E-state index is 12.0. The van der Waals surface area contributed by atoms with E-state index in [0.29, 0.717) is 23.7 Å². The van der Waals surface area contributed by atoms with Crippen LogP contribution in [0.4, 0.5) is 10.5 Å². The number of rotatable bonds is 5. The molecule has 0 fully saturated rings. The molecule has 0 unspecified atom stereocenters. The first-order chi connectivity index (χ1) is 10.5. The van der Waals surface area contributed by atoms with Crippen molar-refractivity contribution in [2.24, 2.45) is 0 Å². The number of anilines is 1. The number of furan rings is 1. The predicted octanol–water partition coefficient (Wildman–Crippen LogP) is 3.24. The third kappa shape index (κ3) is 3.94. The molecule has 2 amide bonds. The summed E-state index contributed by atoms with van der Waals surface area (Å²) < 4.78 is 15.7. The smallest absolute Gasteiger partial charge is 0.319 e. The van der Waals surface area contributed by atoms with Crippen LogP contribution in [0.25, 0.3) is 0 Å². The minimum atomic E-state index is -0.312. The molecule has 0 radical (unpaired) electrons. The zero-order chi connectivity index (χ0) is 16.1. The maximum absolute atomic E-state index is 12.0. The number of carbonyl (C=O) groups is 1. The molecule has 2 aromatic rings. The first-order valence-corrected chi connectivity index (χ1v) is 6.85. The summed E-state index contributed by atoms with van der Waals surface area (Å²) in [5, 5.41) is 5.53. The van der Waals surface area contributed by atoms with E-state index in [0.717, 1.165) is 17.1 Å². The van der Waals surface area contributed by atoms with E-state index in [2.05, 4.69) is 10.6 Å². The van der Waals surface area contributed by atoms with Crippen LogP contribution in [0.3, 0.4) is 0 Å². The van der Waals surface area contributed by atoms with Crippen LogP contribution in [0.15, 0.2) is 28.7 Å². The van der Waals surface area contributed by atoms with E-state index in [4.69, 9.17) is 13.9 Å². The topological polar surface area (TPSA) is 72.7 Å². The monoisotopic (exact) mass is 304 g/mol. The standard InChI is InChI=1S/C16H20N2O4/c1-10-5-12(11(2)22-10)9-17-16(19)18-13-6-14(20-3)8-15(7-13)21-4/h5-8H,9H2,1-4H3,(H2,17,18,19). The molecular weight excluding hydrogens is 284 g/mol. The van der Waals surface area contributed by atoms with Crippen molar-refractivity contribution in [3.63, 3.8) is 0 Å². The number of urea groups is 1. The number of carbonyl (C=O) groups excluding carboxylic acids is 1. The molecule has 2 N–H and O–H groups in total. The zero-order valence-electron chi connectivity index (χ0n) is 13.1. The van der Waals surface area contributed by atoms with Crippen LogP contribution in [0.2, 0.25) is 0 Å². The summed E-state index contributed by atoms with van der Waals surface area (Å²) in [7, 11) is 3.12. The number of aryl methyl sites for hydroxylation is 2. The van der Waals surface area contributed by atoms with Gasteiger partial charge in [-0.3, -0.25) is 0 Å². The SMILES string of the molecule is COc1cc(NC(=O)NCc2cc(C)oc2C)cc(OC)c1. The molecule has 1 aromatic carbocycles. The summed E-state index contributed by atoms with van der Waals surface area (Å²) >= 11 is 0. The van der Waals surface area contributed by atoms with Gasteiger partial charge in [0.05, 0.1) is 14.2 Å². The van der Waals surface area contributed by atoms with E-state index >= 15 is 0 Å². The van der Waals surface area contributed by atoms with Crippen LogP contribution in [0.1, 0.15) is 17.1 Å². The van der Waals surface area contributed by atoms with Crippen LogP contribution >= 0.6 is 0 Å². The molecule has 118 valence electrons. The lowest BCUT2D eigenvalue weighted by Gasteiger charge is -2.10. The fourth-order valence-electron chi connectivity index (χ4n) is 2.09. The number of benzene rings is 1. The minimum absolute atomic E-state index is 0.312. The highest BCUT2D eigenvalue weighted by atomic mass is 16.5. The molecule has 6 nitrogen and oxygen atoms in total. The summed E-state index contributed by atoms with van der Waals surface area (Å²) in [6, 6.07) is 6.77. The fourth-order valence-corrected chi connectivity index (χ4v) is 2.09. The van der Waals surface area contributed by atoms with Crippen LogP contribution in [-0.2, 0) is 6.54 Å². The van der Waals surface area contributed by atoms with Gasteiger partial charge < -0.3 is 24.5 Å². The van der Waals surface area contributed by atoms with Gasteiger partial charge in [0, 0.05) is 36.0 Å². The van der Waals surface area contributed by atoms with E-state index in [1.807, 2.05) is 19.9 Å². The van der Waals surface area contributed by atoms with Crippen molar-refractivity contribution in [3.8, 4) is 11.5 Å². The lowest BCUT2D eigenvalue weighted by atomic mass is 10.2. The summed E-state index contributed by atoms with van der Waals surface area (Å²) in [6.07, 6.45) is 0. The van der Waals surface area contributed by atoms with E-state index in [1.165, 1.54) is 0 Å². The third-order valence-corrected chi connectivity index (χ3v) is 3.19. The van der Waals surface area contributed by atoms with Crippen molar-refractivity contribution in [2.75, 3.05) is 19.5 Å². The second kappa shape index (κ2) is 6.89. The highest BCUT2D eigenvalue weighted by Gasteiger charge is 2.08. The Balaban J connectivity index is 1.98. The van der Waals surface area contributed by atoms with Crippen LogP contribution in [-0.4, -0.2) is 20.3 Å². The van der Waals surface area contributed by atoms with Gasteiger partial charge in [-0.25, -0.2) is 4.79 Å².